The molecule has 0 spiro atoms. The van der Waals surface area contributed by atoms with Gasteiger partial charge in [0.05, 0.1) is 33.5 Å². The lowest BCUT2D eigenvalue weighted by Gasteiger charge is -2.30. The molecule has 0 saturated heterocycles. The molecule has 224 valence electrons. The van der Waals surface area contributed by atoms with E-state index in [2.05, 4.69) is 25.4 Å². The van der Waals surface area contributed by atoms with E-state index in [4.69, 9.17) is 18.9 Å². The summed E-state index contributed by atoms with van der Waals surface area (Å²) in [6.45, 7) is 7.30. The van der Waals surface area contributed by atoms with Crippen molar-refractivity contribution in [2.75, 3.05) is 34.0 Å². The van der Waals surface area contributed by atoms with E-state index in [0.29, 0.717) is 55.4 Å². The Bertz CT molecular complexity index is 1550. The van der Waals surface area contributed by atoms with Crippen LogP contribution in [0.25, 0.3) is 10.9 Å². The number of ether oxygens (including phenoxy) is 4. The number of pyridine rings is 1. The molecule has 2 aromatic heterocycles. The highest BCUT2D eigenvalue weighted by atomic mass is 16.5. The fourth-order valence-corrected chi connectivity index (χ4v) is 4.97. The molecule has 0 radical (unpaired) electrons. The predicted molar refractivity (Wildman–Crippen MR) is 157 cm³/mol. The van der Waals surface area contributed by atoms with Crippen molar-refractivity contribution in [3.05, 3.63) is 69.8 Å². The van der Waals surface area contributed by atoms with Gasteiger partial charge in [0.1, 0.15) is 12.3 Å². The number of aromatic nitrogens is 5. The number of hydrogen-bond donors (Lipinski definition) is 1. The lowest BCUT2D eigenvalue weighted by atomic mass is 10.1. The summed E-state index contributed by atoms with van der Waals surface area (Å²) in [6.07, 6.45) is 1.28. The molecule has 0 amide bonds. The number of benzene rings is 2. The second-order valence-corrected chi connectivity index (χ2v) is 9.64. The molecule has 1 N–H and O–H groups in total. The summed E-state index contributed by atoms with van der Waals surface area (Å²) in [6, 6.07) is 13.0. The fraction of sp³-hybridized carbons (Fsp3) is 0.433. The van der Waals surface area contributed by atoms with E-state index in [9.17, 15) is 9.59 Å². The molecular weight excluding hydrogens is 540 g/mol. The molecule has 0 aliphatic carbocycles. The third kappa shape index (κ3) is 7.24. The second-order valence-electron chi connectivity index (χ2n) is 9.64. The van der Waals surface area contributed by atoms with E-state index < -0.39 is 5.97 Å². The van der Waals surface area contributed by atoms with Crippen LogP contribution in [0.4, 0.5) is 0 Å². The maximum absolute atomic E-state index is 13.2. The molecule has 2 aromatic carbocycles. The van der Waals surface area contributed by atoms with Crippen LogP contribution >= 0.6 is 0 Å². The van der Waals surface area contributed by atoms with E-state index in [0.717, 1.165) is 22.2 Å². The minimum absolute atomic E-state index is 0.104. The number of carbonyl (C=O) groups excluding carboxylic acids is 1. The number of methoxy groups -OCH3 is 2. The highest BCUT2D eigenvalue weighted by Crippen LogP contribution is 2.29. The summed E-state index contributed by atoms with van der Waals surface area (Å²) in [5.74, 6) is 2.13. The number of nitrogens with zero attached hydrogens (tertiary/aromatic N) is 5. The molecule has 0 fully saturated rings. The highest BCUT2D eigenvalue weighted by molar-refractivity contribution is 5.80. The summed E-state index contributed by atoms with van der Waals surface area (Å²) < 4.78 is 23.1. The summed E-state index contributed by atoms with van der Waals surface area (Å²) in [5.41, 5.74) is 2.18. The molecule has 0 bridgehead atoms. The van der Waals surface area contributed by atoms with Gasteiger partial charge in [-0.2, -0.15) is 0 Å². The Morgan fingerprint density at radius 1 is 1.02 bits per heavy atom. The van der Waals surface area contributed by atoms with Crippen molar-refractivity contribution >= 4 is 16.9 Å². The van der Waals surface area contributed by atoms with Crippen LogP contribution < -0.4 is 19.8 Å². The van der Waals surface area contributed by atoms with E-state index in [1.54, 1.807) is 21.1 Å². The quantitative estimate of drug-likeness (QED) is 0.208. The summed E-state index contributed by atoms with van der Waals surface area (Å²) >= 11 is 0. The van der Waals surface area contributed by atoms with Gasteiger partial charge in [0.25, 0.3) is 5.56 Å². The number of hydrogen-bond acceptors (Lipinski definition) is 10. The van der Waals surface area contributed by atoms with Gasteiger partial charge in [-0.1, -0.05) is 13.0 Å². The van der Waals surface area contributed by atoms with Gasteiger partial charge >= 0.3 is 5.97 Å². The third-order valence-corrected chi connectivity index (χ3v) is 6.98. The van der Waals surface area contributed by atoms with Crippen LogP contribution in [0.15, 0.2) is 47.3 Å². The fourth-order valence-electron chi connectivity index (χ4n) is 4.97. The first-order valence-corrected chi connectivity index (χ1v) is 14.1. The Labute approximate surface area is 244 Å². The minimum Gasteiger partial charge on any atom is -0.494 e. The summed E-state index contributed by atoms with van der Waals surface area (Å²) in [7, 11) is 3.21. The largest absolute Gasteiger partial charge is 0.494 e. The first-order chi connectivity index (χ1) is 20.4. The van der Waals surface area contributed by atoms with Crippen molar-refractivity contribution in [3.63, 3.8) is 0 Å². The van der Waals surface area contributed by atoms with Crippen LogP contribution in [0.3, 0.4) is 0 Å². The van der Waals surface area contributed by atoms with Gasteiger partial charge in [0.15, 0.2) is 17.3 Å². The number of esters is 1. The molecule has 1 atom stereocenters. The van der Waals surface area contributed by atoms with E-state index in [1.165, 1.54) is 4.68 Å². The van der Waals surface area contributed by atoms with E-state index in [-0.39, 0.29) is 24.8 Å². The van der Waals surface area contributed by atoms with Gasteiger partial charge in [0.2, 0.25) is 0 Å². The van der Waals surface area contributed by atoms with Crippen molar-refractivity contribution in [2.45, 2.75) is 52.7 Å². The third-order valence-electron chi connectivity index (χ3n) is 6.98. The molecule has 12 nitrogen and oxygen atoms in total. The van der Waals surface area contributed by atoms with Gasteiger partial charge in [-0.15, -0.1) is 5.10 Å². The first kappa shape index (κ1) is 30.5. The first-order valence-electron chi connectivity index (χ1n) is 14.1. The van der Waals surface area contributed by atoms with E-state index in [1.807, 2.05) is 56.3 Å². The van der Waals surface area contributed by atoms with Crippen LogP contribution in [0.2, 0.25) is 0 Å². The molecule has 12 heteroatoms. The van der Waals surface area contributed by atoms with Gasteiger partial charge < -0.3 is 23.9 Å². The number of H-pyrrole nitrogens is 1. The number of aromatic amines is 1. The number of carbonyl (C=O) groups is 1. The van der Waals surface area contributed by atoms with Crippen LogP contribution in [-0.2, 0) is 29.0 Å². The van der Waals surface area contributed by atoms with Crippen LogP contribution in [0.1, 0.15) is 50.2 Å². The Morgan fingerprint density at radius 2 is 1.83 bits per heavy atom. The molecule has 4 rings (SSSR count). The monoisotopic (exact) mass is 578 g/mol. The van der Waals surface area contributed by atoms with Crippen LogP contribution in [-0.4, -0.2) is 70.0 Å². The van der Waals surface area contributed by atoms with Gasteiger partial charge in [-0.25, -0.2) is 4.68 Å². The summed E-state index contributed by atoms with van der Waals surface area (Å²) in [4.78, 5) is 30.7. The Kier molecular flexibility index (Phi) is 10.5. The lowest BCUT2D eigenvalue weighted by Crippen LogP contribution is -2.34. The van der Waals surface area contributed by atoms with Crippen LogP contribution in [0, 0.1) is 0 Å². The van der Waals surface area contributed by atoms with Gasteiger partial charge in [0, 0.05) is 29.6 Å². The van der Waals surface area contributed by atoms with Gasteiger partial charge in [-0.05, 0) is 79.1 Å². The van der Waals surface area contributed by atoms with Crippen molar-refractivity contribution in [1.82, 2.24) is 30.1 Å². The van der Waals surface area contributed by atoms with Crippen molar-refractivity contribution in [2.24, 2.45) is 0 Å². The summed E-state index contributed by atoms with van der Waals surface area (Å²) in [5, 5.41) is 13.1. The SMILES string of the molecule is CCOC(=O)Cn1nnnc1[C@H](CC)N(CCc1ccc(OC)c(OC)c1)Cc1cc2cc(OCC)ccc2[nH]c1=O. The van der Waals surface area contributed by atoms with Crippen molar-refractivity contribution < 1.29 is 23.7 Å². The zero-order chi connectivity index (χ0) is 30.1. The smallest absolute Gasteiger partial charge is 0.327 e. The molecule has 42 heavy (non-hydrogen) atoms. The predicted octanol–water partition coefficient (Wildman–Crippen LogP) is 3.69. The minimum atomic E-state index is -0.422. The van der Waals surface area contributed by atoms with Crippen molar-refractivity contribution in [3.8, 4) is 17.2 Å². The molecule has 2 heterocycles. The molecule has 0 aliphatic rings. The molecule has 0 saturated carbocycles. The molecule has 4 aromatic rings. The van der Waals surface area contributed by atoms with Crippen LogP contribution in [0.5, 0.6) is 17.2 Å². The Hall–Kier alpha value is -4.45. The maximum Gasteiger partial charge on any atom is 0.327 e. The second kappa shape index (κ2) is 14.4. The maximum atomic E-state index is 13.2. The Balaban J connectivity index is 1.69. The molecular formula is C30H38N6O6. The number of tetrazole rings is 1. The Morgan fingerprint density at radius 3 is 2.55 bits per heavy atom. The number of nitrogens with one attached hydrogen (secondary N) is 1. The van der Waals surface area contributed by atoms with E-state index >= 15 is 0 Å². The van der Waals surface area contributed by atoms with Gasteiger partial charge in [-0.3, -0.25) is 14.5 Å². The van der Waals surface area contributed by atoms with Crippen molar-refractivity contribution in [1.29, 1.82) is 0 Å². The standard InChI is InChI=1S/C30H38N6O6/c1-6-25(29-32-33-34-36(29)19-28(37)42-8-3)35(14-13-20-9-12-26(39-4)27(15-20)40-5)18-22-16-21-17-23(41-7-2)10-11-24(21)31-30(22)38/h9-12,15-17,25H,6-8,13-14,18-19H2,1-5H3,(H,31,38)/t25-/m0/s1. The average Bonchev–Trinajstić information content (AvgIpc) is 3.44. The topological polar surface area (TPSA) is 134 Å². The molecule has 0 aliphatic heterocycles. The number of fused-ring (bicyclic) bond motifs is 1. The normalized spacial score (nSPS) is 12.0. The average molecular weight is 579 g/mol. The zero-order valence-electron chi connectivity index (χ0n) is 24.8. The highest BCUT2D eigenvalue weighted by Gasteiger charge is 2.27. The molecule has 0 unspecified atom stereocenters. The lowest BCUT2D eigenvalue weighted by molar-refractivity contribution is -0.144. The zero-order valence-corrected chi connectivity index (χ0v) is 24.8. The number of rotatable bonds is 15.